The molecule has 2 aromatic carbocycles. The summed E-state index contributed by atoms with van der Waals surface area (Å²) in [6, 6.07) is 20.4. The van der Waals surface area contributed by atoms with Crippen molar-refractivity contribution in [3.63, 3.8) is 0 Å². The summed E-state index contributed by atoms with van der Waals surface area (Å²) < 4.78 is 5.88. The Morgan fingerprint density at radius 1 is 1.00 bits per heavy atom. The van der Waals surface area contributed by atoms with Crippen LogP contribution < -0.4 is 5.01 Å². The molecule has 1 atom stereocenters. The Morgan fingerprint density at radius 3 is 2.28 bits per heavy atom. The molecule has 0 spiro atoms. The van der Waals surface area contributed by atoms with Crippen molar-refractivity contribution in [1.82, 2.24) is 0 Å². The Balaban J connectivity index is 1.59. The maximum absolute atomic E-state index is 12.7. The molecule has 152 valence electrons. The molecule has 4 rings (SSSR count). The third-order valence-electron chi connectivity index (χ3n) is 6.34. The van der Waals surface area contributed by atoms with Crippen molar-refractivity contribution >= 4 is 17.4 Å². The minimum Gasteiger partial charge on any atom is -0.463 e. The van der Waals surface area contributed by atoms with Crippen molar-refractivity contribution in [3.8, 4) is 0 Å². The van der Waals surface area contributed by atoms with Gasteiger partial charge in [0, 0.05) is 5.41 Å². The summed E-state index contributed by atoms with van der Waals surface area (Å²) >= 11 is 0. The fourth-order valence-electron chi connectivity index (χ4n) is 4.51. The molecular weight excluding hydrogens is 360 g/mol. The molecule has 4 heteroatoms. The van der Waals surface area contributed by atoms with E-state index in [9.17, 15) is 4.79 Å². The number of hydrogen-bond donors (Lipinski definition) is 0. The van der Waals surface area contributed by atoms with Crippen LogP contribution in [0.15, 0.2) is 65.8 Å². The first-order valence-electron chi connectivity index (χ1n) is 10.7. The normalized spacial score (nSPS) is 21.7. The second kappa shape index (κ2) is 8.40. The molecule has 0 aromatic heterocycles. The van der Waals surface area contributed by atoms with E-state index in [1.807, 2.05) is 41.4 Å². The van der Waals surface area contributed by atoms with Crippen molar-refractivity contribution in [2.24, 2.45) is 16.4 Å². The third-order valence-corrected chi connectivity index (χ3v) is 6.34. The zero-order valence-corrected chi connectivity index (χ0v) is 17.4. The number of nitrogens with zero attached hydrogens (tertiary/aromatic N) is 2. The van der Waals surface area contributed by atoms with Crippen LogP contribution in [0.4, 0.5) is 5.69 Å². The highest BCUT2D eigenvalue weighted by Gasteiger charge is 2.46. The van der Waals surface area contributed by atoms with Crippen LogP contribution in [0, 0.1) is 11.3 Å². The molecule has 1 unspecified atom stereocenters. The van der Waals surface area contributed by atoms with Gasteiger partial charge in [0.15, 0.2) is 0 Å². The van der Waals surface area contributed by atoms with Gasteiger partial charge < -0.3 is 4.74 Å². The standard InChI is InChI=1S/C25H30N2O2/c1-25(2)22(18-29-24(28)20-14-8-4-9-15-20)27(21-16-10-5-11-17-21)26-23(25)19-12-6-3-7-13-19/h3,5-7,10-13,16-17,20,22H,4,8-9,14-15,18H2,1-2H3. The van der Waals surface area contributed by atoms with E-state index in [1.165, 1.54) is 6.42 Å². The summed E-state index contributed by atoms with van der Waals surface area (Å²) in [6.07, 6.45) is 5.41. The van der Waals surface area contributed by atoms with Crippen molar-refractivity contribution < 1.29 is 9.53 Å². The number of ether oxygens (including phenoxy) is 1. The van der Waals surface area contributed by atoms with E-state index in [1.54, 1.807) is 0 Å². The van der Waals surface area contributed by atoms with Gasteiger partial charge in [0.05, 0.1) is 23.4 Å². The molecule has 2 aromatic rings. The van der Waals surface area contributed by atoms with Crippen molar-refractivity contribution in [2.45, 2.75) is 52.0 Å². The Kier molecular flexibility index (Phi) is 5.70. The number of esters is 1. The third kappa shape index (κ3) is 4.07. The van der Waals surface area contributed by atoms with Crippen molar-refractivity contribution in [1.29, 1.82) is 0 Å². The van der Waals surface area contributed by atoms with Crippen LogP contribution >= 0.6 is 0 Å². The molecule has 1 aliphatic carbocycles. The van der Waals surface area contributed by atoms with Crippen molar-refractivity contribution in [3.05, 3.63) is 66.2 Å². The van der Waals surface area contributed by atoms with E-state index < -0.39 is 0 Å². The highest BCUT2D eigenvalue weighted by Crippen LogP contribution is 2.39. The summed E-state index contributed by atoms with van der Waals surface area (Å²) in [4.78, 5) is 12.7. The molecule has 1 saturated carbocycles. The van der Waals surface area contributed by atoms with E-state index in [4.69, 9.17) is 9.84 Å². The summed E-state index contributed by atoms with van der Waals surface area (Å²) in [5.41, 5.74) is 2.90. The lowest BCUT2D eigenvalue weighted by molar-refractivity contribution is -0.150. The largest absolute Gasteiger partial charge is 0.463 e. The molecule has 0 radical (unpaired) electrons. The summed E-state index contributed by atoms with van der Waals surface area (Å²) in [5, 5.41) is 7.05. The van der Waals surface area contributed by atoms with Gasteiger partial charge >= 0.3 is 5.97 Å². The molecule has 1 heterocycles. The lowest BCUT2D eigenvalue weighted by atomic mass is 9.78. The Bertz CT molecular complexity index is 855. The van der Waals surface area contributed by atoms with E-state index in [2.05, 4.69) is 38.1 Å². The van der Waals surface area contributed by atoms with Crippen LogP contribution in [-0.4, -0.2) is 24.3 Å². The minimum absolute atomic E-state index is 0.0401. The van der Waals surface area contributed by atoms with Gasteiger partial charge in [-0.1, -0.05) is 81.6 Å². The lowest BCUT2D eigenvalue weighted by Gasteiger charge is -2.33. The van der Waals surface area contributed by atoms with Gasteiger partial charge in [0.2, 0.25) is 0 Å². The molecule has 0 saturated heterocycles. The molecule has 1 aliphatic heterocycles. The van der Waals surface area contributed by atoms with Gasteiger partial charge in [0.1, 0.15) is 6.61 Å². The van der Waals surface area contributed by atoms with Crippen molar-refractivity contribution in [2.75, 3.05) is 11.6 Å². The Labute approximate surface area is 173 Å². The van der Waals surface area contributed by atoms with Crippen LogP contribution in [-0.2, 0) is 9.53 Å². The Morgan fingerprint density at radius 2 is 1.62 bits per heavy atom. The zero-order valence-electron chi connectivity index (χ0n) is 17.4. The van der Waals surface area contributed by atoms with E-state index >= 15 is 0 Å². The molecule has 4 nitrogen and oxygen atoms in total. The fraction of sp³-hybridized carbons (Fsp3) is 0.440. The van der Waals surface area contributed by atoms with Crippen LogP contribution in [0.25, 0.3) is 0 Å². The topological polar surface area (TPSA) is 41.9 Å². The smallest absolute Gasteiger partial charge is 0.309 e. The summed E-state index contributed by atoms with van der Waals surface area (Å²) in [7, 11) is 0. The Hall–Kier alpha value is -2.62. The molecule has 29 heavy (non-hydrogen) atoms. The van der Waals surface area contributed by atoms with Gasteiger partial charge in [0.25, 0.3) is 0 Å². The van der Waals surface area contributed by atoms with E-state index in [0.29, 0.717) is 6.61 Å². The van der Waals surface area contributed by atoms with Crippen LogP contribution in [0.1, 0.15) is 51.5 Å². The number of carbonyl (C=O) groups is 1. The lowest BCUT2D eigenvalue weighted by Crippen LogP contribution is -2.44. The van der Waals surface area contributed by atoms with Crippen LogP contribution in [0.2, 0.25) is 0 Å². The highest BCUT2D eigenvalue weighted by molar-refractivity contribution is 6.07. The number of para-hydroxylation sites is 1. The van der Waals surface area contributed by atoms with Crippen LogP contribution in [0.5, 0.6) is 0 Å². The van der Waals surface area contributed by atoms with Gasteiger partial charge in [-0.25, -0.2) is 0 Å². The molecular formula is C25H30N2O2. The predicted octanol–water partition coefficient (Wildman–Crippen LogP) is 5.43. The summed E-state index contributed by atoms with van der Waals surface area (Å²) in [5.74, 6) is 0.0228. The van der Waals surface area contributed by atoms with E-state index in [0.717, 1.165) is 42.6 Å². The molecule has 1 fully saturated rings. The van der Waals surface area contributed by atoms with Crippen LogP contribution in [0.3, 0.4) is 0 Å². The first-order chi connectivity index (χ1) is 14.1. The number of hydrogen-bond acceptors (Lipinski definition) is 4. The quantitative estimate of drug-likeness (QED) is 0.639. The molecule has 0 N–H and O–H groups in total. The average Bonchev–Trinajstić information content (AvgIpc) is 3.04. The first-order valence-corrected chi connectivity index (χ1v) is 10.7. The maximum atomic E-state index is 12.7. The maximum Gasteiger partial charge on any atom is 0.309 e. The zero-order chi connectivity index (χ0) is 20.3. The van der Waals surface area contributed by atoms with Gasteiger partial charge in [-0.05, 0) is 30.5 Å². The van der Waals surface area contributed by atoms with Gasteiger partial charge in [-0.2, -0.15) is 5.10 Å². The SMILES string of the molecule is CC1(C)C(c2ccccc2)=NN(c2ccccc2)C1COC(=O)C1CCCCC1. The number of rotatable bonds is 5. The number of anilines is 1. The van der Waals surface area contributed by atoms with Gasteiger partial charge in [-0.15, -0.1) is 0 Å². The second-order valence-electron chi connectivity index (χ2n) is 8.70. The molecule has 0 bridgehead atoms. The minimum atomic E-state index is -0.260. The first kappa shape index (κ1) is 19.7. The molecule has 2 aliphatic rings. The molecule has 0 amide bonds. The van der Waals surface area contributed by atoms with Gasteiger partial charge in [-0.3, -0.25) is 9.80 Å². The average molecular weight is 391 g/mol. The fourth-order valence-corrected chi connectivity index (χ4v) is 4.51. The predicted molar refractivity (Wildman–Crippen MR) is 117 cm³/mol. The summed E-state index contributed by atoms with van der Waals surface area (Å²) in [6.45, 7) is 4.73. The monoisotopic (exact) mass is 390 g/mol. The second-order valence-corrected chi connectivity index (χ2v) is 8.70. The highest BCUT2D eigenvalue weighted by atomic mass is 16.5. The number of carbonyl (C=O) groups excluding carboxylic acids is 1. The van der Waals surface area contributed by atoms with E-state index in [-0.39, 0.29) is 23.3 Å². The number of hydrazone groups is 1. The number of benzene rings is 2.